The molecule has 0 aromatic heterocycles. The molecule has 1 aromatic carbocycles. The second kappa shape index (κ2) is 4.93. The molecule has 3 unspecified atom stereocenters. The number of carbonyl (C=O) groups is 2. The van der Waals surface area contributed by atoms with Gasteiger partial charge in [0.05, 0.1) is 12.5 Å². The van der Waals surface area contributed by atoms with E-state index in [1.807, 2.05) is 19.1 Å². The molecule has 0 amide bonds. The number of carboxylic acid groups (broad SMARTS) is 1. The van der Waals surface area contributed by atoms with Crippen LogP contribution in [0, 0.1) is 17.8 Å². The lowest BCUT2D eigenvalue weighted by Gasteiger charge is -2.14. The zero-order valence-electron chi connectivity index (χ0n) is 11.5. The molecular weight excluding hydrogens is 256 g/mol. The van der Waals surface area contributed by atoms with Gasteiger partial charge in [-0.2, -0.15) is 0 Å². The SMILES string of the molecule is CC1CC(C(=O)O)C(C(=O)c2ccc3c(c2)CCO3)C1. The molecule has 4 heteroatoms. The van der Waals surface area contributed by atoms with Crippen LogP contribution in [0.25, 0.3) is 0 Å². The van der Waals surface area contributed by atoms with Crippen molar-refractivity contribution in [3.8, 4) is 5.75 Å². The van der Waals surface area contributed by atoms with Crippen molar-refractivity contribution in [2.45, 2.75) is 26.2 Å². The number of carbonyl (C=O) groups excluding carboxylic acids is 1. The number of fused-ring (bicyclic) bond motifs is 1. The minimum absolute atomic E-state index is 0.0311. The van der Waals surface area contributed by atoms with E-state index in [0.717, 1.165) is 17.7 Å². The summed E-state index contributed by atoms with van der Waals surface area (Å²) in [6.45, 7) is 2.67. The fourth-order valence-corrected chi connectivity index (χ4v) is 3.41. The molecular formula is C16H18O4. The molecule has 1 aromatic rings. The first-order chi connectivity index (χ1) is 9.56. The number of Topliss-reactive ketones (excluding diaryl/α,β-unsaturated/α-hetero) is 1. The quantitative estimate of drug-likeness (QED) is 0.860. The van der Waals surface area contributed by atoms with Gasteiger partial charge >= 0.3 is 5.97 Å². The van der Waals surface area contributed by atoms with E-state index < -0.39 is 11.9 Å². The van der Waals surface area contributed by atoms with Gasteiger partial charge < -0.3 is 9.84 Å². The van der Waals surface area contributed by atoms with Crippen LogP contribution in [0.4, 0.5) is 0 Å². The summed E-state index contributed by atoms with van der Waals surface area (Å²) in [5.41, 5.74) is 1.67. The fraction of sp³-hybridized carbons (Fsp3) is 0.500. The Morgan fingerprint density at radius 2 is 2.00 bits per heavy atom. The van der Waals surface area contributed by atoms with Crippen LogP contribution in [-0.4, -0.2) is 23.5 Å². The third-order valence-electron chi connectivity index (χ3n) is 4.43. The average Bonchev–Trinajstić information content (AvgIpc) is 3.02. The first kappa shape index (κ1) is 13.2. The first-order valence-corrected chi connectivity index (χ1v) is 7.09. The molecule has 0 saturated heterocycles. The number of ether oxygens (including phenoxy) is 1. The van der Waals surface area contributed by atoms with E-state index in [1.54, 1.807) is 6.07 Å². The summed E-state index contributed by atoms with van der Waals surface area (Å²) in [5.74, 6) is -0.669. The zero-order chi connectivity index (χ0) is 14.3. The number of hydrogen-bond donors (Lipinski definition) is 1. The van der Waals surface area contributed by atoms with Crippen LogP contribution in [0.15, 0.2) is 18.2 Å². The zero-order valence-corrected chi connectivity index (χ0v) is 11.5. The molecule has 1 aliphatic heterocycles. The summed E-state index contributed by atoms with van der Waals surface area (Å²) in [7, 11) is 0. The summed E-state index contributed by atoms with van der Waals surface area (Å²) in [6.07, 6.45) is 2.09. The average molecular weight is 274 g/mol. The van der Waals surface area contributed by atoms with Crippen molar-refractivity contribution in [2.24, 2.45) is 17.8 Å². The lowest BCUT2D eigenvalue weighted by molar-refractivity contribution is -0.142. The minimum Gasteiger partial charge on any atom is -0.493 e. The third kappa shape index (κ3) is 2.19. The van der Waals surface area contributed by atoms with Gasteiger partial charge in [-0.05, 0) is 42.5 Å². The fourth-order valence-electron chi connectivity index (χ4n) is 3.41. The third-order valence-corrected chi connectivity index (χ3v) is 4.43. The lowest BCUT2D eigenvalue weighted by atomic mass is 9.88. The second-order valence-electron chi connectivity index (χ2n) is 5.91. The van der Waals surface area contributed by atoms with Crippen molar-refractivity contribution < 1.29 is 19.4 Å². The maximum atomic E-state index is 12.6. The summed E-state index contributed by atoms with van der Waals surface area (Å²) in [6, 6.07) is 5.45. The van der Waals surface area contributed by atoms with Crippen LogP contribution in [0.1, 0.15) is 35.7 Å². The number of benzene rings is 1. The molecule has 20 heavy (non-hydrogen) atoms. The van der Waals surface area contributed by atoms with Gasteiger partial charge in [0.1, 0.15) is 5.75 Å². The highest BCUT2D eigenvalue weighted by atomic mass is 16.5. The monoisotopic (exact) mass is 274 g/mol. The summed E-state index contributed by atoms with van der Waals surface area (Å²) in [5, 5.41) is 9.28. The van der Waals surface area contributed by atoms with E-state index in [2.05, 4.69) is 0 Å². The van der Waals surface area contributed by atoms with Gasteiger partial charge in [-0.15, -0.1) is 0 Å². The maximum Gasteiger partial charge on any atom is 0.307 e. The molecule has 1 saturated carbocycles. The Bertz CT molecular complexity index is 564. The standard InChI is InChI=1S/C16H18O4/c1-9-6-12(13(7-9)16(18)19)15(17)11-2-3-14-10(8-11)4-5-20-14/h2-3,8-9,12-13H,4-7H2,1H3,(H,18,19). The van der Waals surface area contributed by atoms with E-state index in [-0.39, 0.29) is 11.7 Å². The lowest BCUT2D eigenvalue weighted by Crippen LogP contribution is -2.25. The summed E-state index contributed by atoms with van der Waals surface area (Å²) < 4.78 is 5.43. The predicted octanol–water partition coefficient (Wildman–Crippen LogP) is 2.55. The van der Waals surface area contributed by atoms with E-state index in [9.17, 15) is 14.7 Å². The molecule has 0 radical (unpaired) electrons. The first-order valence-electron chi connectivity index (χ1n) is 7.09. The van der Waals surface area contributed by atoms with Crippen LogP contribution < -0.4 is 4.74 Å². The predicted molar refractivity (Wildman–Crippen MR) is 73.0 cm³/mol. The Morgan fingerprint density at radius 3 is 2.75 bits per heavy atom. The van der Waals surface area contributed by atoms with Crippen molar-refractivity contribution >= 4 is 11.8 Å². The Kier molecular flexibility index (Phi) is 3.24. The molecule has 1 fully saturated rings. The van der Waals surface area contributed by atoms with Crippen LogP contribution in [-0.2, 0) is 11.2 Å². The van der Waals surface area contributed by atoms with Gasteiger partial charge in [-0.25, -0.2) is 0 Å². The summed E-state index contributed by atoms with van der Waals surface area (Å²) >= 11 is 0. The number of ketones is 1. The highest BCUT2D eigenvalue weighted by Gasteiger charge is 2.41. The van der Waals surface area contributed by atoms with Crippen LogP contribution in [0.5, 0.6) is 5.75 Å². The normalized spacial score (nSPS) is 27.9. The summed E-state index contributed by atoms with van der Waals surface area (Å²) in [4.78, 5) is 23.9. The molecule has 2 aliphatic rings. The van der Waals surface area contributed by atoms with E-state index >= 15 is 0 Å². The van der Waals surface area contributed by atoms with Crippen molar-refractivity contribution in [1.82, 2.24) is 0 Å². The van der Waals surface area contributed by atoms with Gasteiger partial charge in [0.2, 0.25) is 0 Å². The Morgan fingerprint density at radius 1 is 1.25 bits per heavy atom. The number of carboxylic acids is 1. The van der Waals surface area contributed by atoms with Crippen LogP contribution in [0.3, 0.4) is 0 Å². The molecule has 1 N–H and O–H groups in total. The van der Waals surface area contributed by atoms with Gasteiger partial charge in [0.15, 0.2) is 5.78 Å². The molecule has 106 valence electrons. The smallest absolute Gasteiger partial charge is 0.307 e. The molecule has 1 heterocycles. The molecule has 3 atom stereocenters. The largest absolute Gasteiger partial charge is 0.493 e. The van der Waals surface area contributed by atoms with Crippen molar-refractivity contribution in [3.63, 3.8) is 0 Å². The Balaban J connectivity index is 1.86. The molecule has 3 rings (SSSR count). The van der Waals surface area contributed by atoms with Gasteiger partial charge in [-0.1, -0.05) is 6.92 Å². The second-order valence-corrected chi connectivity index (χ2v) is 5.91. The highest BCUT2D eigenvalue weighted by Crippen LogP contribution is 2.39. The van der Waals surface area contributed by atoms with Crippen LogP contribution in [0.2, 0.25) is 0 Å². The highest BCUT2D eigenvalue weighted by molar-refractivity contribution is 6.00. The molecule has 0 bridgehead atoms. The minimum atomic E-state index is -0.850. The van der Waals surface area contributed by atoms with E-state index in [4.69, 9.17) is 4.74 Å². The number of hydrogen-bond acceptors (Lipinski definition) is 3. The molecule has 1 aliphatic carbocycles. The molecule has 4 nitrogen and oxygen atoms in total. The topological polar surface area (TPSA) is 63.6 Å². The van der Waals surface area contributed by atoms with Crippen molar-refractivity contribution in [1.29, 1.82) is 0 Å². The van der Waals surface area contributed by atoms with E-state index in [0.29, 0.717) is 30.9 Å². The van der Waals surface area contributed by atoms with Gasteiger partial charge in [0, 0.05) is 17.9 Å². The number of rotatable bonds is 3. The molecule has 0 spiro atoms. The van der Waals surface area contributed by atoms with E-state index in [1.165, 1.54) is 0 Å². The van der Waals surface area contributed by atoms with Crippen LogP contribution >= 0.6 is 0 Å². The van der Waals surface area contributed by atoms with Gasteiger partial charge in [0.25, 0.3) is 0 Å². The van der Waals surface area contributed by atoms with Crippen molar-refractivity contribution in [2.75, 3.05) is 6.61 Å². The Labute approximate surface area is 117 Å². The van der Waals surface area contributed by atoms with Crippen molar-refractivity contribution in [3.05, 3.63) is 29.3 Å². The Hall–Kier alpha value is -1.84. The number of aliphatic carboxylic acids is 1. The maximum absolute atomic E-state index is 12.6. The van der Waals surface area contributed by atoms with Gasteiger partial charge in [-0.3, -0.25) is 9.59 Å².